The fourth-order valence-electron chi connectivity index (χ4n) is 4.84. The molecule has 0 saturated heterocycles. The van der Waals surface area contributed by atoms with E-state index in [9.17, 15) is 9.90 Å². The molecule has 0 aliphatic rings. The molecule has 7 heteroatoms. The summed E-state index contributed by atoms with van der Waals surface area (Å²) in [5, 5.41) is 13.7. The van der Waals surface area contributed by atoms with Crippen LogP contribution in [0.15, 0.2) is 84.0 Å². The number of fused-ring (bicyclic) bond motifs is 1. The van der Waals surface area contributed by atoms with Gasteiger partial charge in [0.2, 0.25) is 0 Å². The number of aromatic nitrogens is 3. The van der Waals surface area contributed by atoms with Gasteiger partial charge in [-0.3, -0.25) is 4.79 Å². The fraction of sp³-hybridized carbons (Fsp3) is 0.172. The Bertz CT molecular complexity index is 1670. The molecule has 0 amide bonds. The van der Waals surface area contributed by atoms with E-state index >= 15 is 0 Å². The summed E-state index contributed by atoms with van der Waals surface area (Å²) in [6, 6.07) is 20.5. The van der Waals surface area contributed by atoms with Gasteiger partial charge in [0.25, 0.3) is 5.56 Å². The average molecular weight is 500 g/mol. The Labute approximate surface area is 214 Å². The molecule has 182 valence electrons. The highest BCUT2D eigenvalue weighted by atomic mass is 35.5. The Morgan fingerprint density at radius 2 is 1.69 bits per heavy atom. The van der Waals surface area contributed by atoms with Gasteiger partial charge in [-0.25, -0.2) is 4.98 Å². The molecule has 0 radical (unpaired) electrons. The standard InChI is InChI=1S/C29H26ClN3O3/c1-18-7-5-6-8-21(18)22-15-28(34)33(3)25-11-9-19(13-23(22)25)29(35,27-16-31-17-32(27)2)20-10-12-26(36-4)24(30)14-20/h5-17,35H,1-4H3. The van der Waals surface area contributed by atoms with Crippen LogP contribution in [0.3, 0.4) is 0 Å². The summed E-state index contributed by atoms with van der Waals surface area (Å²) in [4.78, 5) is 17.1. The number of pyridine rings is 1. The average Bonchev–Trinajstić information content (AvgIpc) is 3.32. The summed E-state index contributed by atoms with van der Waals surface area (Å²) >= 11 is 6.48. The van der Waals surface area contributed by atoms with Crippen LogP contribution in [0.2, 0.25) is 5.02 Å². The van der Waals surface area contributed by atoms with E-state index in [1.807, 2.05) is 56.4 Å². The lowest BCUT2D eigenvalue weighted by Gasteiger charge is -2.30. The van der Waals surface area contributed by atoms with E-state index in [2.05, 4.69) is 4.98 Å². The number of rotatable bonds is 5. The van der Waals surface area contributed by atoms with E-state index in [1.165, 1.54) is 0 Å². The zero-order valence-corrected chi connectivity index (χ0v) is 21.2. The van der Waals surface area contributed by atoms with Crippen LogP contribution in [0.25, 0.3) is 22.0 Å². The van der Waals surface area contributed by atoms with Crippen molar-refractivity contribution < 1.29 is 9.84 Å². The molecule has 1 N–H and O–H groups in total. The Morgan fingerprint density at radius 1 is 0.972 bits per heavy atom. The molecule has 3 aromatic carbocycles. The third-order valence-electron chi connectivity index (χ3n) is 6.86. The highest BCUT2D eigenvalue weighted by Crippen LogP contribution is 2.41. The summed E-state index contributed by atoms with van der Waals surface area (Å²) < 4.78 is 8.73. The molecule has 36 heavy (non-hydrogen) atoms. The third-order valence-corrected chi connectivity index (χ3v) is 7.15. The first-order valence-corrected chi connectivity index (χ1v) is 11.9. The van der Waals surface area contributed by atoms with Crippen molar-refractivity contribution in [3.05, 3.63) is 117 Å². The number of ether oxygens (including phenoxy) is 1. The zero-order chi connectivity index (χ0) is 25.6. The summed E-state index contributed by atoms with van der Waals surface area (Å²) in [6.45, 7) is 2.02. The molecule has 0 aliphatic heterocycles. The van der Waals surface area contributed by atoms with Crippen molar-refractivity contribution in [2.24, 2.45) is 14.1 Å². The number of methoxy groups -OCH3 is 1. The lowest BCUT2D eigenvalue weighted by atomic mass is 9.82. The largest absolute Gasteiger partial charge is 0.495 e. The van der Waals surface area contributed by atoms with Crippen LogP contribution in [0.1, 0.15) is 22.4 Å². The van der Waals surface area contributed by atoms with Gasteiger partial charge in [-0.1, -0.05) is 48.0 Å². The Hall–Kier alpha value is -3.87. The normalized spacial score (nSPS) is 13.1. The minimum Gasteiger partial charge on any atom is -0.495 e. The van der Waals surface area contributed by atoms with Crippen LogP contribution in [0.5, 0.6) is 5.75 Å². The number of hydrogen-bond donors (Lipinski definition) is 1. The van der Waals surface area contributed by atoms with Gasteiger partial charge in [0.15, 0.2) is 5.60 Å². The van der Waals surface area contributed by atoms with Crippen LogP contribution in [-0.2, 0) is 19.7 Å². The monoisotopic (exact) mass is 499 g/mol. The second-order valence-electron chi connectivity index (χ2n) is 8.95. The van der Waals surface area contributed by atoms with Crippen molar-refractivity contribution in [3.63, 3.8) is 0 Å². The van der Waals surface area contributed by atoms with Crippen LogP contribution in [-0.4, -0.2) is 26.3 Å². The molecular formula is C29H26ClN3O3. The molecule has 2 heterocycles. The number of benzene rings is 3. The number of hydrogen-bond acceptors (Lipinski definition) is 4. The second-order valence-corrected chi connectivity index (χ2v) is 9.36. The molecule has 0 spiro atoms. The molecule has 5 rings (SSSR count). The van der Waals surface area contributed by atoms with Crippen LogP contribution in [0.4, 0.5) is 0 Å². The van der Waals surface area contributed by atoms with Gasteiger partial charge in [-0.15, -0.1) is 0 Å². The van der Waals surface area contributed by atoms with E-state index in [0.717, 1.165) is 27.6 Å². The first-order chi connectivity index (χ1) is 17.3. The van der Waals surface area contributed by atoms with Gasteiger partial charge >= 0.3 is 0 Å². The van der Waals surface area contributed by atoms with E-state index in [4.69, 9.17) is 16.3 Å². The van der Waals surface area contributed by atoms with Gasteiger partial charge in [0.05, 0.1) is 35.9 Å². The van der Waals surface area contributed by atoms with Crippen molar-refractivity contribution in [1.82, 2.24) is 14.1 Å². The van der Waals surface area contributed by atoms with Gasteiger partial charge < -0.3 is 19.0 Å². The topological polar surface area (TPSA) is 69.3 Å². The van der Waals surface area contributed by atoms with E-state index in [-0.39, 0.29) is 5.56 Å². The van der Waals surface area contributed by atoms with Crippen LogP contribution >= 0.6 is 11.6 Å². The van der Waals surface area contributed by atoms with E-state index in [1.54, 1.807) is 60.1 Å². The molecule has 2 aromatic heterocycles. The highest BCUT2D eigenvalue weighted by molar-refractivity contribution is 6.32. The van der Waals surface area contributed by atoms with Crippen molar-refractivity contribution in [3.8, 4) is 16.9 Å². The number of halogens is 1. The van der Waals surface area contributed by atoms with Crippen molar-refractivity contribution >= 4 is 22.5 Å². The number of aryl methyl sites for hydroxylation is 3. The lowest BCUT2D eigenvalue weighted by Crippen LogP contribution is -2.31. The molecular weight excluding hydrogens is 474 g/mol. The number of imidazole rings is 1. The van der Waals surface area contributed by atoms with Crippen molar-refractivity contribution in [2.45, 2.75) is 12.5 Å². The molecule has 0 fully saturated rings. The molecule has 0 saturated carbocycles. The van der Waals surface area contributed by atoms with Gasteiger partial charge in [-0.2, -0.15) is 0 Å². The Balaban J connectivity index is 1.85. The maximum absolute atomic E-state index is 12.8. The minimum absolute atomic E-state index is 0.0997. The predicted octanol–water partition coefficient (Wildman–Crippen LogP) is 5.19. The van der Waals surface area contributed by atoms with Crippen molar-refractivity contribution in [1.29, 1.82) is 0 Å². The fourth-order valence-corrected chi connectivity index (χ4v) is 5.10. The molecule has 0 aliphatic carbocycles. The molecule has 0 bridgehead atoms. The van der Waals surface area contributed by atoms with Crippen LogP contribution in [0, 0.1) is 6.92 Å². The van der Waals surface area contributed by atoms with Crippen LogP contribution < -0.4 is 10.3 Å². The van der Waals surface area contributed by atoms with Gasteiger partial charge in [0, 0.05) is 25.5 Å². The molecule has 1 unspecified atom stereocenters. The summed E-state index contributed by atoms with van der Waals surface area (Å²) in [5.74, 6) is 0.517. The number of nitrogens with zero attached hydrogens (tertiary/aromatic N) is 3. The molecule has 6 nitrogen and oxygen atoms in total. The predicted molar refractivity (Wildman–Crippen MR) is 143 cm³/mol. The maximum atomic E-state index is 12.8. The van der Waals surface area contributed by atoms with E-state index in [0.29, 0.717) is 27.6 Å². The molecule has 1 atom stereocenters. The van der Waals surface area contributed by atoms with E-state index < -0.39 is 5.60 Å². The first-order valence-electron chi connectivity index (χ1n) is 11.5. The SMILES string of the molecule is COc1ccc(C(O)(c2ccc3c(c2)c(-c2ccccc2C)cc(=O)n3C)c2cncn2C)cc1Cl. The Morgan fingerprint density at radius 3 is 2.36 bits per heavy atom. The van der Waals surface area contributed by atoms with Gasteiger partial charge in [-0.05, 0) is 59.0 Å². The lowest BCUT2D eigenvalue weighted by molar-refractivity contribution is 0.117. The summed E-state index contributed by atoms with van der Waals surface area (Å²) in [5.41, 5.74) is 3.69. The third kappa shape index (κ3) is 3.70. The first kappa shape index (κ1) is 23.9. The Kier molecular flexibility index (Phi) is 5.94. The smallest absolute Gasteiger partial charge is 0.251 e. The summed E-state index contributed by atoms with van der Waals surface area (Å²) in [7, 11) is 5.14. The highest BCUT2D eigenvalue weighted by Gasteiger charge is 2.37. The second kappa shape index (κ2) is 8.97. The minimum atomic E-state index is -1.58. The summed E-state index contributed by atoms with van der Waals surface area (Å²) in [6.07, 6.45) is 3.29. The number of aliphatic hydroxyl groups is 1. The zero-order valence-electron chi connectivity index (χ0n) is 20.5. The van der Waals surface area contributed by atoms with Crippen molar-refractivity contribution in [2.75, 3.05) is 7.11 Å². The van der Waals surface area contributed by atoms with Gasteiger partial charge in [0.1, 0.15) is 5.75 Å². The quantitative estimate of drug-likeness (QED) is 0.361. The maximum Gasteiger partial charge on any atom is 0.251 e. The molecule has 5 aromatic rings.